The summed E-state index contributed by atoms with van der Waals surface area (Å²) in [5.74, 6) is -2.49. The lowest BCUT2D eigenvalue weighted by Gasteiger charge is -2.32. The van der Waals surface area contributed by atoms with Gasteiger partial charge in [0.05, 0.1) is 6.04 Å². The summed E-state index contributed by atoms with van der Waals surface area (Å²) in [5, 5.41) is 18.1. The van der Waals surface area contributed by atoms with Crippen molar-refractivity contribution in [3.8, 4) is 11.5 Å². The molecule has 1 aliphatic rings. The number of rotatable bonds is 6. The minimum absolute atomic E-state index is 0.106. The quantitative estimate of drug-likeness (QED) is 0.373. The smallest absolute Gasteiger partial charge is 0.314 e. The first-order valence-electron chi connectivity index (χ1n) is 10.6. The Labute approximate surface area is 196 Å². The zero-order chi connectivity index (χ0) is 24.7. The Hall–Kier alpha value is -4.05. The molecule has 1 N–H and O–H groups in total. The summed E-state index contributed by atoms with van der Waals surface area (Å²) in [4.78, 5) is 14.9. The van der Waals surface area contributed by atoms with E-state index in [1.54, 1.807) is 12.1 Å². The molecule has 0 bridgehead atoms. The molecular formula is C25H17F4N3O3. The summed E-state index contributed by atoms with van der Waals surface area (Å²) < 4.78 is 58.1. The molecule has 10 heteroatoms. The van der Waals surface area contributed by atoms with E-state index in [-0.39, 0.29) is 29.1 Å². The number of aromatic nitrogens is 2. The third-order valence-electron chi connectivity index (χ3n) is 5.85. The van der Waals surface area contributed by atoms with Gasteiger partial charge in [-0.3, -0.25) is 4.79 Å². The summed E-state index contributed by atoms with van der Waals surface area (Å²) >= 11 is 0. The van der Waals surface area contributed by atoms with Crippen molar-refractivity contribution in [2.75, 3.05) is 0 Å². The van der Waals surface area contributed by atoms with Crippen molar-refractivity contribution < 1.29 is 31.9 Å². The number of aliphatic hydroxyl groups is 1. The number of benzene rings is 3. The van der Waals surface area contributed by atoms with Gasteiger partial charge in [0.15, 0.2) is 0 Å². The van der Waals surface area contributed by atoms with Crippen LogP contribution in [0.4, 0.5) is 17.6 Å². The van der Waals surface area contributed by atoms with Gasteiger partial charge in [-0.1, -0.05) is 30.3 Å². The maximum atomic E-state index is 13.9. The number of carbonyl (C=O) groups is 1. The molecule has 3 aromatic carbocycles. The highest BCUT2D eigenvalue weighted by molar-refractivity contribution is 5.99. The number of fused-ring (bicyclic) bond motifs is 1. The highest BCUT2D eigenvalue weighted by Gasteiger charge is 2.38. The molecule has 35 heavy (non-hydrogen) atoms. The maximum absolute atomic E-state index is 13.9. The zero-order valence-corrected chi connectivity index (χ0v) is 17.9. The summed E-state index contributed by atoms with van der Waals surface area (Å²) in [6.07, 6.45) is -4.25. The van der Waals surface area contributed by atoms with E-state index in [0.29, 0.717) is 11.1 Å². The average Bonchev–Trinajstić information content (AvgIpc) is 3.46. The molecule has 0 saturated heterocycles. The van der Waals surface area contributed by atoms with Crippen LogP contribution in [0.2, 0.25) is 0 Å². The van der Waals surface area contributed by atoms with Crippen molar-refractivity contribution in [1.82, 2.24) is 15.1 Å². The van der Waals surface area contributed by atoms with Crippen LogP contribution in [-0.4, -0.2) is 26.1 Å². The van der Waals surface area contributed by atoms with Gasteiger partial charge in [-0.05, 0) is 53.1 Å². The number of nitrogens with zero attached hydrogens (tertiary/aromatic N) is 3. The SMILES string of the molecule is O=C1c2cc(-c3nnc(C(F)F)o3)ccc2CN1[C@H](c1ccc(F)cc1)[C@H](O)c1cccc(F)c1. The molecular weight excluding hydrogens is 466 g/mol. The lowest BCUT2D eigenvalue weighted by Crippen LogP contribution is -2.33. The number of amides is 1. The zero-order valence-electron chi connectivity index (χ0n) is 17.9. The van der Waals surface area contributed by atoms with Gasteiger partial charge in [0.2, 0.25) is 5.89 Å². The molecule has 0 unspecified atom stereocenters. The Bertz CT molecular complexity index is 1390. The topological polar surface area (TPSA) is 79.5 Å². The first-order chi connectivity index (χ1) is 16.8. The normalized spacial score (nSPS) is 14.9. The van der Waals surface area contributed by atoms with Gasteiger partial charge in [0.1, 0.15) is 17.7 Å². The van der Waals surface area contributed by atoms with Crippen molar-refractivity contribution in [2.24, 2.45) is 0 Å². The second-order valence-corrected chi connectivity index (χ2v) is 8.05. The molecule has 178 valence electrons. The maximum Gasteiger partial charge on any atom is 0.314 e. The van der Waals surface area contributed by atoms with Crippen LogP contribution in [0.15, 0.2) is 71.1 Å². The van der Waals surface area contributed by atoms with E-state index in [1.165, 1.54) is 59.5 Å². The van der Waals surface area contributed by atoms with Crippen LogP contribution >= 0.6 is 0 Å². The molecule has 2 atom stereocenters. The van der Waals surface area contributed by atoms with E-state index in [2.05, 4.69) is 10.2 Å². The minimum Gasteiger partial charge on any atom is -0.415 e. The fourth-order valence-electron chi connectivity index (χ4n) is 4.19. The molecule has 1 amide bonds. The second-order valence-electron chi connectivity index (χ2n) is 8.05. The average molecular weight is 483 g/mol. The number of alkyl halides is 2. The molecule has 5 rings (SSSR count). The van der Waals surface area contributed by atoms with E-state index < -0.39 is 42.0 Å². The van der Waals surface area contributed by atoms with E-state index in [4.69, 9.17) is 4.42 Å². The predicted octanol–water partition coefficient (Wildman–Crippen LogP) is 5.38. The van der Waals surface area contributed by atoms with E-state index >= 15 is 0 Å². The third kappa shape index (κ3) is 4.28. The molecule has 0 fully saturated rings. The van der Waals surface area contributed by atoms with Gasteiger partial charge in [0.25, 0.3) is 11.8 Å². The molecule has 1 aromatic heterocycles. The number of hydrogen-bond donors (Lipinski definition) is 1. The molecule has 0 saturated carbocycles. The molecule has 2 heterocycles. The predicted molar refractivity (Wildman–Crippen MR) is 115 cm³/mol. The van der Waals surface area contributed by atoms with Crippen LogP contribution < -0.4 is 0 Å². The van der Waals surface area contributed by atoms with E-state index in [0.717, 1.165) is 0 Å². The highest BCUT2D eigenvalue weighted by atomic mass is 19.3. The number of aliphatic hydroxyl groups excluding tert-OH is 1. The Morgan fingerprint density at radius 1 is 0.914 bits per heavy atom. The van der Waals surface area contributed by atoms with Crippen LogP contribution in [0.5, 0.6) is 0 Å². The van der Waals surface area contributed by atoms with Gasteiger partial charge in [-0.25, -0.2) is 8.78 Å². The standard InChI is InChI=1S/C25H17F4N3O3/c26-17-8-6-13(7-9-17)20(21(33)14-2-1-3-18(27)10-14)32-12-16-5-4-15(11-19(16)25(32)34)23-30-31-24(35-23)22(28)29/h1-11,20-22,33H,12H2/t20-,21-/m1/s1. The van der Waals surface area contributed by atoms with Gasteiger partial charge in [-0.15, -0.1) is 10.2 Å². The van der Waals surface area contributed by atoms with Crippen LogP contribution in [0.1, 0.15) is 51.5 Å². The largest absolute Gasteiger partial charge is 0.415 e. The van der Waals surface area contributed by atoms with Gasteiger partial charge in [0, 0.05) is 17.7 Å². The monoisotopic (exact) mass is 483 g/mol. The van der Waals surface area contributed by atoms with Crippen LogP contribution in [0.25, 0.3) is 11.5 Å². The van der Waals surface area contributed by atoms with Crippen LogP contribution in [0.3, 0.4) is 0 Å². The van der Waals surface area contributed by atoms with Crippen molar-refractivity contribution in [2.45, 2.75) is 25.1 Å². The van der Waals surface area contributed by atoms with Gasteiger partial charge < -0.3 is 14.4 Å². The molecule has 6 nitrogen and oxygen atoms in total. The number of halogens is 4. The Kier molecular flexibility index (Phi) is 5.81. The Balaban J connectivity index is 1.52. The first-order valence-corrected chi connectivity index (χ1v) is 10.6. The lowest BCUT2D eigenvalue weighted by molar-refractivity contribution is 0.0359. The van der Waals surface area contributed by atoms with Gasteiger partial charge in [-0.2, -0.15) is 8.78 Å². The highest BCUT2D eigenvalue weighted by Crippen LogP contribution is 2.40. The van der Waals surface area contributed by atoms with Crippen molar-refractivity contribution in [3.63, 3.8) is 0 Å². The summed E-state index contributed by atoms with van der Waals surface area (Å²) in [6.45, 7) is 0.106. The molecule has 4 aromatic rings. The summed E-state index contributed by atoms with van der Waals surface area (Å²) in [7, 11) is 0. The number of hydrogen-bond acceptors (Lipinski definition) is 5. The van der Waals surface area contributed by atoms with Gasteiger partial charge >= 0.3 is 6.43 Å². The van der Waals surface area contributed by atoms with Crippen molar-refractivity contribution >= 4 is 5.91 Å². The van der Waals surface area contributed by atoms with Crippen molar-refractivity contribution in [1.29, 1.82) is 0 Å². The molecule has 0 aliphatic carbocycles. The fourth-order valence-corrected chi connectivity index (χ4v) is 4.19. The third-order valence-corrected chi connectivity index (χ3v) is 5.85. The number of carbonyl (C=O) groups excluding carboxylic acids is 1. The molecule has 1 aliphatic heterocycles. The summed E-state index contributed by atoms with van der Waals surface area (Å²) in [5.41, 5.74) is 1.85. The van der Waals surface area contributed by atoms with E-state index in [1.807, 2.05) is 0 Å². The van der Waals surface area contributed by atoms with Crippen LogP contribution in [-0.2, 0) is 6.54 Å². The van der Waals surface area contributed by atoms with Crippen molar-refractivity contribution in [3.05, 3.63) is 107 Å². The summed E-state index contributed by atoms with van der Waals surface area (Å²) in [6, 6.07) is 14.4. The molecule has 0 spiro atoms. The fraction of sp³-hybridized carbons (Fsp3) is 0.160. The second kappa shape index (κ2) is 8.95. The Morgan fingerprint density at radius 2 is 1.69 bits per heavy atom. The van der Waals surface area contributed by atoms with Crippen LogP contribution in [0, 0.1) is 11.6 Å². The molecule has 0 radical (unpaired) electrons. The Morgan fingerprint density at radius 3 is 2.37 bits per heavy atom. The minimum atomic E-state index is -2.93. The van der Waals surface area contributed by atoms with E-state index in [9.17, 15) is 27.5 Å². The lowest BCUT2D eigenvalue weighted by atomic mass is 9.94. The first kappa shape index (κ1) is 22.7.